The van der Waals surface area contributed by atoms with Gasteiger partial charge in [-0.3, -0.25) is 0 Å². The first-order valence-corrected chi connectivity index (χ1v) is 8.10. The smallest absolute Gasteiger partial charge is 0.0414 e. The molecule has 1 heterocycles. The fourth-order valence-corrected chi connectivity index (χ4v) is 3.44. The normalized spacial score (nSPS) is 16.5. The third-order valence-corrected chi connectivity index (χ3v) is 4.83. The molecule has 1 aliphatic carbocycles. The van der Waals surface area contributed by atoms with E-state index in [-0.39, 0.29) is 0 Å². The number of nitrogens with one attached hydrogen (secondary N) is 1. The Bertz CT molecular complexity index is 514. The summed E-state index contributed by atoms with van der Waals surface area (Å²) in [7, 11) is 0. The van der Waals surface area contributed by atoms with Crippen LogP contribution in [0, 0.1) is 0 Å². The zero-order valence-corrected chi connectivity index (χ0v) is 12.2. The fraction of sp³-hybridized carbons (Fsp3) is 0.412. The van der Waals surface area contributed by atoms with E-state index in [1.165, 1.54) is 28.8 Å². The second kappa shape index (κ2) is 5.89. The van der Waals surface area contributed by atoms with Crippen LogP contribution in [0.3, 0.4) is 0 Å². The van der Waals surface area contributed by atoms with Gasteiger partial charge in [-0.25, -0.2) is 0 Å². The average Bonchev–Trinajstić information content (AvgIpc) is 3.17. The summed E-state index contributed by atoms with van der Waals surface area (Å²) in [5, 5.41) is 5.85. The first-order chi connectivity index (χ1) is 9.36. The maximum absolute atomic E-state index is 3.69. The monoisotopic (exact) mass is 271 g/mol. The summed E-state index contributed by atoms with van der Waals surface area (Å²) in [4.78, 5) is 1.45. The molecule has 1 aliphatic rings. The Labute approximate surface area is 119 Å². The molecule has 0 amide bonds. The van der Waals surface area contributed by atoms with Crippen LogP contribution in [0.1, 0.15) is 54.1 Å². The molecule has 0 bridgehead atoms. The quantitative estimate of drug-likeness (QED) is 0.790. The highest BCUT2D eigenvalue weighted by Gasteiger charge is 2.23. The topological polar surface area (TPSA) is 12.0 Å². The molecule has 0 radical (unpaired) electrons. The fourth-order valence-electron chi connectivity index (χ4n) is 2.55. The summed E-state index contributed by atoms with van der Waals surface area (Å²) >= 11 is 1.85. The van der Waals surface area contributed by atoms with Crippen LogP contribution in [0.15, 0.2) is 41.8 Å². The van der Waals surface area contributed by atoms with E-state index < -0.39 is 0 Å². The number of hydrogen-bond acceptors (Lipinski definition) is 2. The minimum Gasteiger partial charge on any atom is -0.305 e. The first kappa shape index (κ1) is 12.9. The molecule has 3 rings (SSSR count). The summed E-state index contributed by atoms with van der Waals surface area (Å²) in [5.74, 6) is 0.846. The Morgan fingerprint density at radius 2 is 2.16 bits per heavy atom. The Morgan fingerprint density at radius 3 is 2.84 bits per heavy atom. The van der Waals surface area contributed by atoms with Gasteiger partial charge in [-0.15, -0.1) is 11.3 Å². The molecule has 1 nitrogen and oxygen atoms in total. The molecule has 0 aliphatic heterocycles. The summed E-state index contributed by atoms with van der Waals surface area (Å²) in [5.41, 5.74) is 2.95. The van der Waals surface area contributed by atoms with Crippen molar-refractivity contribution in [1.29, 1.82) is 0 Å². The molecule has 1 aromatic heterocycles. The van der Waals surface area contributed by atoms with Gasteiger partial charge in [0.25, 0.3) is 0 Å². The Balaban J connectivity index is 1.63. The number of benzene rings is 1. The van der Waals surface area contributed by atoms with Crippen LogP contribution in [0.25, 0.3) is 0 Å². The van der Waals surface area contributed by atoms with Crippen molar-refractivity contribution in [2.45, 2.75) is 44.7 Å². The summed E-state index contributed by atoms with van der Waals surface area (Å²) in [6.07, 6.45) is 3.90. The zero-order valence-electron chi connectivity index (χ0n) is 11.4. The molecule has 1 fully saturated rings. The van der Waals surface area contributed by atoms with Crippen LogP contribution in [-0.4, -0.2) is 0 Å². The van der Waals surface area contributed by atoms with Crippen LogP contribution in [0.4, 0.5) is 0 Å². The van der Waals surface area contributed by atoms with Gasteiger partial charge in [0.1, 0.15) is 0 Å². The highest BCUT2D eigenvalue weighted by atomic mass is 32.1. The van der Waals surface area contributed by atoms with Crippen molar-refractivity contribution >= 4 is 11.3 Å². The van der Waals surface area contributed by atoms with Crippen molar-refractivity contribution in [3.63, 3.8) is 0 Å². The maximum Gasteiger partial charge on any atom is 0.0414 e. The maximum atomic E-state index is 3.69. The molecule has 0 spiro atoms. The van der Waals surface area contributed by atoms with Gasteiger partial charge < -0.3 is 5.32 Å². The summed E-state index contributed by atoms with van der Waals surface area (Å²) < 4.78 is 0. The number of thiophene rings is 1. The van der Waals surface area contributed by atoms with E-state index in [4.69, 9.17) is 0 Å². The van der Waals surface area contributed by atoms with Gasteiger partial charge in [0.15, 0.2) is 0 Å². The van der Waals surface area contributed by atoms with Gasteiger partial charge in [-0.05, 0) is 47.8 Å². The SMILES string of the molecule is CCC(NCc1cccc(C2CC2)c1)c1cccs1. The Morgan fingerprint density at radius 1 is 1.26 bits per heavy atom. The standard InChI is InChI=1S/C17H21NS/c1-2-16(17-7-4-10-19-17)18-12-13-5-3-6-15(11-13)14-8-9-14/h3-7,10-11,14,16,18H,2,8-9,12H2,1H3. The highest BCUT2D eigenvalue weighted by Crippen LogP contribution is 2.40. The van der Waals surface area contributed by atoms with Crippen LogP contribution >= 0.6 is 11.3 Å². The molecule has 1 N–H and O–H groups in total. The highest BCUT2D eigenvalue weighted by molar-refractivity contribution is 7.10. The molecular weight excluding hydrogens is 250 g/mol. The van der Waals surface area contributed by atoms with E-state index in [2.05, 4.69) is 54.0 Å². The second-order valence-electron chi connectivity index (χ2n) is 5.38. The molecule has 19 heavy (non-hydrogen) atoms. The third kappa shape index (κ3) is 3.26. The van der Waals surface area contributed by atoms with E-state index >= 15 is 0 Å². The summed E-state index contributed by atoms with van der Waals surface area (Å²) in [6, 6.07) is 14.0. The van der Waals surface area contributed by atoms with Gasteiger partial charge in [0.05, 0.1) is 0 Å². The van der Waals surface area contributed by atoms with Gasteiger partial charge in [-0.1, -0.05) is 37.3 Å². The van der Waals surface area contributed by atoms with E-state index in [0.717, 1.165) is 18.9 Å². The lowest BCUT2D eigenvalue weighted by atomic mass is 10.1. The Hall–Kier alpha value is -1.12. The minimum atomic E-state index is 0.490. The molecule has 2 aromatic rings. The average molecular weight is 271 g/mol. The molecular formula is C17H21NS. The minimum absolute atomic E-state index is 0.490. The van der Waals surface area contributed by atoms with Gasteiger partial charge >= 0.3 is 0 Å². The third-order valence-electron chi connectivity index (χ3n) is 3.85. The molecule has 0 saturated heterocycles. The van der Waals surface area contributed by atoms with Crippen molar-refractivity contribution in [2.24, 2.45) is 0 Å². The van der Waals surface area contributed by atoms with Gasteiger partial charge in [0, 0.05) is 17.5 Å². The lowest BCUT2D eigenvalue weighted by Crippen LogP contribution is -2.19. The predicted molar refractivity (Wildman–Crippen MR) is 82.6 cm³/mol. The van der Waals surface area contributed by atoms with Crippen LogP contribution in [0.5, 0.6) is 0 Å². The largest absolute Gasteiger partial charge is 0.305 e. The van der Waals surface area contributed by atoms with Crippen molar-refractivity contribution in [1.82, 2.24) is 5.32 Å². The molecule has 100 valence electrons. The van der Waals surface area contributed by atoms with Crippen LogP contribution in [0.2, 0.25) is 0 Å². The molecule has 1 atom stereocenters. The molecule has 1 aromatic carbocycles. The van der Waals surface area contributed by atoms with Gasteiger partial charge in [-0.2, -0.15) is 0 Å². The summed E-state index contributed by atoms with van der Waals surface area (Å²) in [6.45, 7) is 3.22. The van der Waals surface area contributed by atoms with Crippen LogP contribution in [-0.2, 0) is 6.54 Å². The van der Waals surface area contributed by atoms with Gasteiger partial charge in [0.2, 0.25) is 0 Å². The van der Waals surface area contributed by atoms with E-state index in [1.807, 2.05) is 11.3 Å². The Kier molecular flexibility index (Phi) is 4.00. The van der Waals surface area contributed by atoms with E-state index in [9.17, 15) is 0 Å². The lowest BCUT2D eigenvalue weighted by molar-refractivity contribution is 0.526. The van der Waals surface area contributed by atoms with Crippen LogP contribution < -0.4 is 5.32 Å². The van der Waals surface area contributed by atoms with Crippen molar-refractivity contribution in [3.8, 4) is 0 Å². The number of hydrogen-bond donors (Lipinski definition) is 1. The first-order valence-electron chi connectivity index (χ1n) is 7.22. The lowest BCUT2D eigenvalue weighted by Gasteiger charge is -2.15. The van der Waals surface area contributed by atoms with Crippen molar-refractivity contribution < 1.29 is 0 Å². The van der Waals surface area contributed by atoms with Crippen molar-refractivity contribution in [3.05, 3.63) is 57.8 Å². The van der Waals surface area contributed by atoms with E-state index in [0.29, 0.717) is 6.04 Å². The molecule has 2 heteroatoms. The zero-order chi connectivity index (χ0) is 13.1. The predicted octanol–water partition coefficient (Wildman–Crippen LogP) is 4.87. The molecule has 1 saturated carbocycles. The second-order valence-corrected chi connectivity index (χ2v) is 6.36. The van der Waals surface area contributed by atoms with Crippen molar-refractivity contribution in [2.75, 3.05) is 0 Å². The molecule has 1 unspecified atom stereocenters. The van der Waals surface area contributed by atoms with E-state index in [1.54, 1.807) is 0 Å². The number of rotatable bonds is 6.